The summed E-state index contributed by atoms with van der Waals surface area (Å²) in [5.41, 5.74) is 0. The second-order valence-corrected chi connectivity index (χ2v) is 8.64. The van der Waals surface area contributed by atoms with E-state index in [0.717, 1.165) is 5.01 Å². The molecule has 2 fully saturated rings. The summed E-state index contributed by atoms with van der Waals surface area (Å²) in [5, 5.41) is 26.5. The summed E-state index contributed by atoms with van der Waals surface area (Å²) < 4.78 is 9.97. The highest BCUT2D eigenvalue weighted by molar-refractivity contribution is 5.98. The average Bonchev–Trinajstić information content (AvgIpc) is 3.42. The van der Waals surface area contributed by atoms with Gasteiger partial charge in [0, 0.05) is 19.4 Å². The van der Waals surface area contributed by atoms with Crippen LogP contribution in [0.3, 0.4) is 0 Å². The van der Waals surface area contributed by atoms with Gasteiger partial charge in [-0.15, -0.1) is 0 Å². The minimum Gasteiger partial charge on any atom is -0.504 e. The predicted molar refractivity (Wildman–Crippen MR) is 129 cm³/mol. The number of nitrogens with zero attached hydrogens (tertiary/aromatic N) is 4. The molecule has 38 heavy (non-hydrogen) atoms. The summed E-state index contributed by atoms with van der Waals surface area (Å²) in [4.78, 5) is 66.8. The number of diazo groups is 1. The first-order chi connectivity index (χ1) is 18.3. The predicted octanol–water partition coefficient (Wildman–Crippen LogP) is 1.15. The van der Waals surface area contributed by atoms with Gasteiger partial charge in [-0.25, -0.2) is 5.01 Å². The molecule has 0 bridgehead atoms. The fourth-order valence-corrected chi connectivity index (χ4v) is 4.24. The lowest BCUT2D eigenvalue weighted by atomic mass is 10.0. The molecule has 0 unspecified atom stereocenters. The molecule has 2 saturated heterocycles. The highest BCUT2D eigenvalue weighted by Crippen LogP contribution is 2.25. The molecular formula is C24H29N6O8+. The number of hydrazine groups is 1. The topological polar surface area (TPSA) is 187 Å². The van der Waals surface area contributed by atoms with E-state index in [9.17, 15) is 29.1 Å². The second-order valence-electron chi connectivity index (χ2n) is 8.64. The van der Waals surface area contributed by atoms with E-state index in [0.29, 0.717) is 12.6 Å². The highest BCUT2D eigenvalue weighted by atomic mass is 16.5. The molecule has 0 aromatic carbocycles. The van der Waals surface area contributed by atoms with Gasteiger partial charge in [-0.3, -0.25) is 29.0 Å². The monoisotopic (exact) mass is 529 g/mol. The summed E-state index contributed by atoms with van der Waals surface area (Å²) >= 11 is 0. The van der Waals surface area contributed by atoms with Crippen LogP contribution in [0.15, 0.2) is 47.4 Å². The molecule has 14 heteroatoms. The first-order valence-electron chi connectivity index (χ1n) is 12.0. The van der Waals surface area contributed by atoms with E-state index < -0.39 is 47.6 Å². The minimum absolute atomic E-state index is 0.00963. The Morgan fingerprint density at radius 2 is 2.13 bits per heavy atom. The molecular weight excluding hydrogens is 500 g/mol. The van der Waals surface area contributed by atoms with Gasteiger partial charge in [0.25, 0.3) is 11.8 Å². The van der Waals surface area contributed by atoms with Crippen molar-refractivity contribution >= 4 is 29.6 Å². The van der Waals surface area contributed by atoms with E-state index in [1.807, 2.05) is 0 Å². The Morgan fingerprint density at radius 1 is 1.34 bits per heavy atom. The number of aliphatic hydroxyl groups is 1. The second kappa shape index (κ2) is 13.0. The number of carbonyl (C=O) groups excluding carboxylic acids is 5. The van der Waals surface area contributed by atoms with Crippen molar-refractivity contribution in [1.82, 2.24) is 20.7 Å². The molecule has 3 heterocycles. The van der Waals surface area contributed by atoms with E-state index in [4.69, 9.17) is 14.5 Å². The molecule has 3 N–H and O–H groups in total. The number of hydrogen-bond acceptors (Lipinski definition) is 9. The average molecular weight is 530 g/mol. The molecule has 3 atom stereocenters. The maximum Gasteiger partial charge on any atom is 0.389 e. The lowest BCUT2D eigenvalue weighted by molar-refractivity contribution is -0.176. The largest absolute Gasteiger partial charge is 0.504 e. The van der Waals surface area contributed by atoms with Crippen molar-refractivity contribution in [2.45, 2.75) is 56.7 Å². The Kier molecular flexibility index (Phi) is 9.58. The van der Waals surface area contributed by atoms with Crippen LogP contribution in [0.5, 0.6) is 0 Å². The lowest BCUT2D eigenvalue weighted by Crippen LogP contribution is -2.64. The molecule has 202 valence electrons. The molecule has 0 spiro atoms. The van der Waals surface area contributed by atoms with E-state index in [-0.39, 0.29) is 56.9 Å². The van der Waals surface area contributed by atoms with Crippen LogP contribution in [0, 0.1) is 5.39 Å². The molecule has 0 radical (unpaired) electrons. The Labute approximate surface area is 217 Å². The maximum absolute atomic E-state index is 13.5. The molecule has 4 amide bonds. The standard InChI is InChI=1S/C24H28N6O8/c1-2-12-38-21(33)10-8-15(18(31)14-26-25)27-22(34)17-5-3-11-29-20(32)9-7-16(24(36)30(17)29)28-23(35)19-6-4-13-37-19/h2,4,6,13-17H,1,3,5,7-12H2,(H2-,27,28,31,34,35)/p+1/b18-14-/t15-,16-,17-/m0/s1. The van der Waals surface area contributed by atoms with Gasteiger partial charge in [-0.1, -0.05) is 12.7 Å². The Bertz CT molecular complexity index is 1140. The molecule has 0 aliphatic carbocycles. The number of furan rings is 1. The Hall–Kier alpha value is -4.67. The van der Waals surface area contributed by atoms with Crippen molar-refractivity contribution in [2.75, 3.05) is 13.2 Å². The van der Waals surface area contributed by atoms with Gasteiger partial charge in [0.1, 0.15) is 18.7 Å². The van der Waals surface area contributed by atoms with Gasteiger partial charge in [-0.2, -0.15) is 0 Å². The van der Waals surface area contributed by atoms with Gasteiger partial charge in [0.15, 0.2) is 10.7 Å². The van der Waals surface area contributed by atoms with Crippen LogP contribution in [0.25, 0.3) is 4.98 Å². The fourth-order valence-electron chi connectivity index (χ4n) is 4.24. The van der Waals surface area contributed by atoms with Crippen molar-refractivity contribution in [2.24, 2.45) is 0 Å². The fraction of sp³-hybridized carbons (Fsp3) is 0.458. The smallest absolute Gasteiger partial charge is 0.389 e. The van der Waals surface area contributed by atoms with Crippen molar-refractivity contribution in [1.29, 1.82) is 5.39 Å². The van der Waals surface area contributed by atoms with E-state index >= 15 is 0 Å². The minimum atomic E-state index is -1.16. The third-order valence-electron chi connectivity index (χ3n) is 6.08. The number of aliphatic hydroxyl groups excluding tert-OH is 1. The van der Waals surface area contributed by atoms with Crippen molar-refractivity contribution in [3.05, 3.63) is 53.7 Å². The van der Waals surface area contributed by atoms with Gasteiger partial charge < -0.3 is 24.9 Å². The number of esters is 1. The van der Waals surface area contributed by atoms with Crippen LogP contribution in [-0.2, 0) is 23.9 Å². The SMILES string of the molecule is C=CCOC(=O)CC[C@H](NC(=O)[C@@H]1CCCN2C(=O)CC[C@H](NC(=O)c3ccco3)C(=O)N12)/C(O)=C/[N+]#N. The summed E-state index contributed by atoms with van der Waals surface area (Å²) in [7, 11) is 0. The van der Waals surface area contributed by atoms with Gasteiger partial charge in [0.2, 0.25) is 23.0 Å². The Morgan fingerprint density at radius 3 is 2.82 bits per heavy atom. The number of fused-ring (bicyclic) bond motifs is 1. The van der Waals surface area contributed by atoms with Crippen LogP contribution < -0.4 is 10.6 Å². The van der Waals surface area contributed by atoms with E-state index in [1.165, 1.54) is 29.5 Å². The quantitative estimate of drug-likeness (QED) is 0.173. The van der Waals surface area contributed by atoms with E-state index in [1.54, 1.807) is 0 Å². The van der Waals surface area contributed by atoms with E-state index in [2.05, 4.69) is 22.2 Å². The summed E-state index contributed by atoms with van der Waals surface area (Å²) in [6.07, 6.45) is 3.71. The summed E-state index contributed by atoms with van der Waals surface area (Å²) in [5.74, 6) is -3.53. The lowest BCUT2D eigenvalue weighted by Gasteiger charge is -2.43. The molecule has 1 aromatic heterocycles. The normalized spacial score (nSPS) is 20.4. The first-order valence-corrected chi connectivity index (χ1v) is 12.0. The number of ether oxygens (including phenoxy) is 1. The number of carbonyl (C=O) groups is 5. The van der Waals surface area contributed by atoms with Crippen LogP contribution in [0.1, 0.15) is 49.1 Å². The molecule has 2 aliphatic heterocycles. The molecule has 3 rings (SSSR count). The van der Waals surface area contributed by atoms with Crippen molar-refractivity contribution in [3.63, 3.8) is 0 Å². The van der Waals surface area contributed by atoms with Crippen molar-refractivity contribution in [3.8, 4) is 0 Å². The number of hydrogen-bond donors (Lipinski definition) is 3. The molecule has 0 saturated carbocycles. The third kappa shape index (κ3) is 6.75. The summed E-state index contributed by atoms with van der Waals surface area (Å²) in [6.45, 7) is 3.64. The number of nitrogens with one attached hydrogen (secondary N) is 2. The molecule has 1 aromatic rings. The van der Waals surface area contributed by atoms with Crippen molar-refractivity contribution < 1.29 is 38.2 Å². The molecule has 2 aliphatic rings. The first kappa shape index (κ1) is 27.9. The highest BCUT2D eigenvalue weighted by Gasteiger charge is 2.45. The van der Waals surface area contributed by atoms with Crippen LogP contribution in [0.4, 0.5) is 0 Å². The maximum atomic E-state index is 13.5. The Balaban J connectivity index is 1.78. The number of amides is 4. The van der Waals surface area contributed by atoms with Crippen LogP contribution in [-0.4, -0.2) is 76.0 Å². The third-order valence-corrected chi connectivity index (χ3v) is 6.08. The van der Waals surface area contributed by atoms with Crippen LogP contribution in [0.2, 0.25) is 0 Å². The van der Waals surface area contributed by atoms with Gasteiger partial charge >= 0.3 is 12.2 Å². The van der Waals surface area contributed by atoms with Gasteiger partial charge in [0.05, 0.1) is 12.3 Å². The number of rotatable bonds is 10. The molecule has 14 nitrogen and oxygen atoms in total. The summed E-state index contributed by atoms with van der Waals surface area (Å²) in [6, 6.07) is -0.444. The zero-order valence-electron chi connectivity index (χ0n) is 20.6. The van der Waals surface area contributed by atoms with Gasteiger partial charge in [-0.05, 0) is 37.8 Å². The zero-order valence-corrected chi connectivity index (χ0v) is 20.6. The van der Waals surface area contributed by atoms with Crippen LogP contribution >= 0.6 is 0 Å². The zero-order chi connectivity index (χ0) is 27.7.